The second-order valence-electron chi connectivity index (χ2n) is 2.64. The Labute approximate surface area is 77.2 Å². The number of nitrogens with one attached hydrogen (secondary N) is 1. The number of nitrogens with zero attached hydrogens (tertiary/aromatic N) is 1. The molecule has 0 saturated carbocycles. The van der Waals surface area contributed by atoms with Crippen molar-refractivity contribution in [3.8, 4) is 0 Å². The van der Waals surface area contributed by atoms with Crippen LogP contribution in [0.4, 0.5) is 0 Å². The Morgan fingerprint density at radius 3 is 2.08 bits per heavy atom. The number of aromatic nitrogens is 1. The molecule has 4 heteroatoms. The van der Waals surface area contributed by atoms with E-state index in [4.69, 9.17) is 0 Å². The van der Waals surface area contributed by atoms with Crippen LogP contribution >= 0.6 is 0 Å². The zero-order valence-corrected chi connectivity index (χ0v) is 8.07. The van der Waals surface area contributed by atoms with E-state index in [1.807, 2.05) is 0 Å². The summed E-state index contributed by atoms with van der Waals surface area (Å²) < 4.78 is 0. The number of rotatable bonds is 0. The molecule has 0 aliphatic heterocycles. The van der Waals surface area contributed by atoms with Crippen LogP contribution in [0.5, 0.6) is 0 Å². The van der Waals surface area contributed by atoms with E-state index in [1.54, 1.807) is 32.4 Å². The maximum atomic E-state index is 10.2. The van der Waals surface area contributed by atoms with Crippen molar-refractivity contribution in [3.63, 3.8) is 0 Å². The molecule has 1 aromatic heterocycles. The predicted molar refractivity (Wildman–Crippen MR) is 51.4 cm³/mol. The molecule has 0 aliphatic carbocycles. The molecule has 0 bridgehead atoms. The maximum absolute atomic E-state index is 10.2. The highest BCUT2D eigenvalue weighted by atomic mass is 16.2. The number of hydrogen-bond donors (Lipinski definition) is 1. The molecule has 1 amide bonds. The molecule has 1 heterocycles. The summed E-state index contributed by atoms with van der Waals surface area (Å²) in [6.45, 7) is 1.53. The lowest BCUT2D eigenvalue weighted by Crippen LogP contribution is -2.17. The molecule has 1 rings (SSSR count). The quantitative estimate of drug-likeness (QED) is 0.634. The number of aromatic amines is 1. The SMILES string of the molecule is CC(=O)N(C)C.O=c1cccc[nH]1. The molecule has 0 aromatic carbocycles. The monoisotopic (exact) mass is 182 g/mol. The van der Waals surface area contributed by atoms with Gasteiger partial charge in [0.1, 0.15) is 0 Å². The molecule has 4 nitrogen and oxygen atoms in total. The van der Waals surface area contributed by atoms with Crippen LogP contribution in [0.1, 0.15) is 6.92 Å². The fraction of sp³-hybridized carbons (Fsp3) is 0.333. The second kappa shape index (κ2) is 5.99. The lowest BCUT2D eigenvalue weighted by atomic mass is 10.5. The largest absolute Gasteiger partial charge is 0.349 e. The van der Waals surface area contributed by atoms with Crippen LogP contribution in [0.2, 0.25) is 0 Å². The van der Waals surface area contributed by atoms with Crippen LogP contribution < -0.4 is 5.56 Å². The van der Waals surface area contributed by atoms with E-state index >= 15 is 0 Å². The Bertz CT molecular complexity index is 287. The van der Waals surface area contributed by atoms with Gasteiger partial charge in [0.15, 0.2) is 0 Å². The number of H-pyrrole nitrogens is 1. The summed E-state index contributed by atoms with van der Waals surface area (Å²) in [4.78, 5) is 24.3. The summed E-state index contributed by atoms with van der Waals surface area (Å²) in [5.41, 5.74) is -0.0532. The van der Waals surface area contributed by atoms with Gasteiger partial charge in [0.2, 0.25) is 11.5 Å². The van der Waals surface area contributed by atoms with Crippen molar-refractivity contribution in [2.75, 3.05) is 14.1 Å². The van der Waals surface area contributed by atoms with Gasteiger partial charge in [-0.05, 0) is 6.07 Å². The van der Waals surface area contributed by atoms with Gasteiger partial charge in [0, 0.05) is 33.3 Å². The van der Waals surface area contributed by atoms with Gasteiger partial charge in [0.05, 0.1) is 0 Å². The van der Waals surface area contributed by atoms with Crippen molar-refractivity contribution in [1.29, 1.82) is 0 Å². The number of pyridine rings is 1. The Morgan fingerprint density at radius 2 is 1.92 bits per heavy atom. The Kier molecular flexibility index (Phi) is 5.27. The van der Waals surface area contributed by atoms with Crippen molar-refractivity contribution >= 4 is 5.91 Å². The number of carbonyl (C=O) groups is 1. The standard InChI is InChI=1S/C5H5NO.C4H9NO/c7-5-3-1-2-4-6-5;1-4(6)5(2)3/h1-4H,(H,6,7);1-3H3. The average Bonchev–Trinajstić information content (AvgIpc) is 2.06. The maximum Gasteiger partial charge on any atom is 0.247 e. The third-order valence-corrected chi connectivity index (χ3v) is 1.31. The van der Waals surface area contributed by atoms with Crippen LogP contribution in [0.15, 0.2) is 29.2 Å². The van der Waals surface area contributed by atoms with Crippen LogP contribution in [0.25, 0.3) is 0 Å². The summed E-state index contributed by atoms with van der Waals surface area (Å²) >= 11 is 0. The van der Waals surface area contributed by atoms with Crippen LogP contribution in [0, 0.1) is 0 Å². The summed E-state index contributed by atoms with van der Waals surface area (Å²) in [7, 11) is 3.45. The average molecular weight is 182 g/mol. The minimum atomic E-state index is -0.0532. The van der Waals surface area contributed by atoms with Crippen LogP contribution in [-0.4, -0.2) is 29.9 Å². The number of hydrogen-bond acceptors (Lipinski definition) is 2. The molecular formula is C9H14N2O2. The Morgan fingerprint density at radius 1 is 1.38 bits per heavy atom. The lowest BCUT2D eigenvalue weighted by Gasteiger charge is -2.02. The molecule has 13 heavy (non-hydrogen) atoms. The highest BCUT2D eigenvalue weighted by Gasteiger charge is 1.87. The van der Waals surface area contributed by atoms with Crippen LogP contribution in [0.3, 0.4) is 0 Å². The fourth-order valence-electron chi connectivity index (χ4n) is 0.377. The molecule has 0 unspecified atom stereocenters. The molecule has 0 radical (unpaired) electrons. The van der Waals surface area contributed by atoms with Gasteiger partial charge >= 0.3 is 0 Å². The lowest BCUT2D eigenvalue weighted by molar-refractivity contribution is -0.126. The first-order valence-corrected chi connectivity index (χ1v) is 3.85. The first-order chi connectivity index (χ1) is 6.04. The minimum Gasteiger partial charge on any atom is -0.349 e. The van der Waals surface area contributed by atoms with Gasteiger partial charge in [0.25, 0.3) is 0 Å². The molecule has 0 spiro atoms. The Hall–Kier alpha value is -1.58. The zero-order valence-electron chi connectivity index (χ0n) is 8.07. The molecule has 1 N–H and O–H groups in total. The molecule has 0 saturated heterocycles. The third kappa shape index (κ3) is 6.80. The van der Waals surface area contributed by atoms with Gasteiger partial charge in [-0.15, -0.1) is 0 Å². The summed E-state index contributed by atoms with van der Waals surface area (Å²) in [6, 6.07) is 4.93. The molecule has 72 valence electrons. The van der Waals surface area contributed by atoms with Crippen molar-refractivity contribution < 1.29 is 4.79 Å². The van der Waals surface area contributed by atoms with Crippen molar-refractivity contribution in [2.45, 2.75) is 6.92 Å². The number of amides is 1. The van der Waals surface area contributed by atoms with E-state index in [0.29, 0.717) is 0 Å². The van der Waals surface area contributed by atoms with E-state index in [1.165, 1.54) is 17.9 Å². The van der Waals surface area contributed by atoms with E-state index in [-0.39, 0.29) is 11.5 Å². The van der Waals surface area contributed by atoms with Gasteiger partial charge in [-0.1, -0.05) is 6.07 Å². The van der Waals surface area contributed by atoms with E-state index in [0.717, 1.165) is 0 Å². The fourth-order valence-corrected chi connectivity index (χ4v) is 0.377. The van der Waals surface area contributed by atoms with Gasteiger partial charge in [-0.25, -0.2) is 0 Å². The van der Waals surface area contributed by atoms with E-state index < -0.39 is 0 Å². The molecule has 0 atom stereocenters. The third-order valence-electron chi connectivity index (χ3n) is 1.31. The summed E-state index contributed by atoms with van der Waals surface area (Å²) in [5.74, 6) is 0.0926. The normalized spacial score (nSPS) is 8.23. The highest BCUT2D eigenvalue weighted by molar-refractivity contribution is 5.72. The molecule has 0 aliphatic rings. The highest BCUT2D eigenvalue weighted by Crippen LogP contribution is 1.69. The van der Waals surface area contributed by atoms with E-state index in [2.05, 4.69) is 4.98 Å². The van der Waals surface area contributed by atoms with Crippen molar-refractivity contribution in [3.05, 3.63) is 34.7 Å². The summed E-state index contributed by atoms with van der Waals surface area (Å²) in [6.07, 6.45) is 1.60. The molecular weight excluding hydrogens is 168 g/mol. The van der Waals surface area contributed by atoms with Gasteiger partial charge in [-0.2, -0.15) is 0 Å². The summed E-state index contributed by atoms with van der Waals surface area (Å²) in [5, 5.41) is 0. The zero-order chi connectivity index (χ0) is 10.3. The minimum absolute atomic E-state index is 0.0532. The first-order valence-electron chi connectivity index (χ1n) is 3.85. The second-order valence-corrected chi connectivity index (χ2v) is 2.64. The van der Waals surface area contributed by atoms with Gasteiger partial charge < -0.3 is 9.88 Å². The predicted octanol–water partition coefficient (Wildman–Crippen LogP) is 0.469. The van der Waals surface area contributed by atoms with Crippen molar-refractivity contribution in [1.82, 2.24) is 9.88 Å². The van der Waals surface area contributed by atoms with Crippen LogP contribution in [-0.2, 0) is 4.79 Å². The molecule has 0 fully saturated rings. The van der Waals surface area contributed by atoms with E-state index in [9.17, 15) is 9.59 Å². The smallest absolute Gasteiger partial charge is 0.247 e. The number of carbonyl (C=O) groups excluding carboxylic acids is 1. The van der Waals surface area contributed by atoms with Gasteiger partial charge in [-0.3, -0.25) is 9.59 Å². The first kappa shape index (κ1) is 11.4. The van der Waals surface area contributed by atoms with Crippen molar-refractivity contribution in [2.24, 2.45) is 0 Å². The molecule has 1 aromatic rings. The topological polar surface area (TPSA) is 53.2 Å². The Balaban J connectivity index is 0.000000226.